The summed E-state index contributed by atoms with van der Waals surface area (Å²) in [4.78, 5) is 19.0. The Bertz CT molecular complexity index is 1040. The molecule has 3 aliphatic rings. The van der Waals surface area contributed by atoms with Crippen LogP contribution in [0.15, 0.2) is 42.6 Å². The molecule has 0 spiro atoms. The van der Waals surface area contributed by atoms with E-state index in [0.29, 0.717) is 35.6 Å². The summed E-state index contributed by atoms with van der Waals surface area (Å²) < 4.78 is 43.6. The third-order valence-corrected chi connectivity index (χ3v) is 7.74. The highest BCUT2D eigenvalue weighted by molar-refractivity contribution is 5.96. The van der Waals surface area contributed by atoms with Gasteiger partial charge in [0.25, 0.3) is 0 Å². The number of nitrogens with zero attached hydrogens (tertiary/aromatic N) is 2. The summed E-state index contributed by atoms with van der Waals surface area (Å²) in [7, 11) is 0. The van der Waals surface area contributed by atoms with Crippen molar-refractivity contribution in [2.24, 2.45) is 17.8 Å². The zero-order valence-corrected chi connectivity index (χ0v) is 18.9. The number of carbonyl (C=O) groups is 1. The van der Waals surface area contributed by atoms with Gasteiger partial charge in [-0.25, -0.2) is 4.98 Å². The molecule has 1 aromatic carbocycles. The first-order valence-corrected chi connectivity index (χ1v) is 11.9. The average Bonchev–Trinajstić information content (AvgIpc) is 3.24. The molecule has 8 heteroatoms. The topological polar surface area (TPSA) is 62.7 Å². The second kappa shape index (κ2) is 8.96. The van der Waals surface area contributed by atoms with E-state index in [2.05, 4.69) is 9.88 Å². The van der Waals surface area contributed by atoms with Gasteiger partial charge in [0, 0.05) is 31.3 Å². The fourth-order valence-electron chi connectivity index (χ4n) is 5.64. The van der Waals surface area contributed by atoms with Gasteiger partial charge < -0.3 is 14.7 Å². The maximum atomic E-state index is 12.8. The first-order chi connectivity index (χ1) is 16.2. The largest absolute Gasteiger partial charge is 0.417 e. The fraction of sp³-hybridized carbons (Fsp3) is 0.538. The van der Waals surface area contributed by atoms with Gasteiger partial charge in [-0.15, -0.1) is 0 Å². The van der Waals surface area contributed by atoms with E-state index in [4.69, 9.17) is 4.74 Å². The summed E-state index contributed by atoms with van der Waals surface area (Å²) in [5.74, 6) is 2.17. The van der Waals surface area contributed by atoms with E-state index in [9.17, 15) is 23.1 Å². The molecule has 3 atom stereocenters. The number of pyridine rings is 1. The highest BCUT2D eigenvalue weighted by Gasteiger charge is 2.39. The SMILES string of the molecule is O=C(CCC1CCC2CN(c3ccc(C(F)(F)F)cn3)CC2C1)c1cccc(C2(O)COC2)c1. The monoisotopic (exact) mass is 474 g/mol. The van der Waals surface area contributed by atoms with Crippen molar-refractivity contribution in [1.82, 2.24) is 4.98 Å². The molecule has 3 fully saturated rings. The van der Waals surface area contributed by atoms with Crippen LogP contribution < -0.4 is 4.90 Å². The van der Waals surface area contributed by atoms with Crippen LogP contribution in [0.1, 0.15) is 53.6 Å². The Balaban J connectivity index is 1.14. The molecule has 1 N–H and O–H groups in total. The lowest BCUT2D eigenvalue weighted by molar-refractivity contribution is -0.184. The molecule has 1 aliphatic carbocycles. The zero-order valence-electron chi connectivity index (χ0n) is 18.9. The zero-order chi connectivity index (χ0) is 23.9. The number of aliphatic hydroxyl groups is 1. The number of carbonyl (C=O) groups excluding carboxylic acids is 1. The third kappa shape index (κ3) is 4.70. The minimum Gasteiger partial charge on any atom is -0.380 e. The quantitative estimate of drug-likeness (QED) is 0.608. The van der Waals surface area contributed by atoms with E-state index in [1.807, 2.05) is 12.1 Å². The van der Waals surface area contributed by atoms with Gasteiger partial charge in [-0.2, -0.15) is 13.2 Å². The number of Topliss-reactive ketones (excluding diaryl/α,β-unsaturated/α-hetero) is 1. The average molecular weight is 475 g/mol. The summed E-state index contributed by atoms with van der Waals surface area (Å²) in [5, 5.41) is 10.5. The van der Waals surface area contributed by atoms with Gasteiger partial charge in [0.05, 0.1) is 18.8 Å². The Morgan fingerprint density at radius 3 is 2.62 bits per heavy atom. The third-order valence-electron chi connectivity index (χ3n) is 7.74. The number of alkyl halides is 3. The molecule has 0 amide bonds. The maximum absolute atomic E-state index is 12.8. The van der Waals surface area contributed by atoms with Crippen LogP contribution in [0.5, 0.6) is 0 Å². The summed E-state index contributed by atoms with van der Waals surface area (Å²) in [5.41, 5.74) is -0.344. The van der Waals surface area contributed by atoms with Crippen molar-refractivity contribution in [2.75, 3.05) is 31.2 Å². The minimum absolute atomic E-state index is 0.0924. The number of benzene rings is 1. The van der Waals surface area contributed by atoms with Gasteiger partial charge in [-0.1, -0.05) is 24.6 Å². The summed E-state index contributed by atoms with van der Waals surface area (Å²) in [6, 6.07) is 9.80. The molecule has 1 saturated carbocycles. The van der Waals surface area contributed by atoms with Crippen LogP contribution in [0, 0.1) is 17.8 Å². The second-order valence-corrected chi connectivity index (χ2v) is 10.1. The van der Waals surface area contributed by atoms with Crippen molar-refractivity contribution < 1.29 is 27.8 Å². The first kappa shape index (κ1) is 23.3. The van der Waals surface area contributed by atoms with E-state index in [0.717, 1.165) is 56.6 Å². The molecule has 5 nitrogen and oxygen atoms in total. The number of hydrogen-bond donors (Lipinski definition) is 1. The number of anilines is 1. The Labute approximate surface area is 196 Å². The van der Waals surface area contributed by atoms with E-state index in [1.54, 1.807) is 12.1 Å². The molecule has 5 rings (SSSR count). The second-order valence-electron chi connectivity index (χ2n) is 10.1. The van der Waals surface area contributed by atoms with Crippen molar-refractivity contribution in [3.05, 3.63) is 59.3 Å². The Hall–Kier alpha value is -2.45. The number of hydrogen-bond acceptors (Lipinski definition) is 5. The van der Waals surface area contributed by atoms with Crippen LogP contribution >= 0.6 is 0 Å². The number of aromatic nitrogens is 1. The number of rotatable bonds is 6. The molecule has 0 bridgehead atoms. The van der Waals surface area contributed by atoms with Crippen molar-refractivity contribution in [3.63, 3.8) is 0 Å². The summed E-state index contributed by atoms with van der Waals surface area (Å²) >= 11 is 0. The number of ether oxygens (including phenoxy) is 1. The van der Waals surface area contributed by atoms with Crippen LogP contribution in [-0.2, 0) is 16.5 Å². The first-order valence-electron chi connectivity index (χ1n) is 11.9. The van der Waals surface area contributed by atoms with Gasteiger partial charge in [-0.05, 0) is 60.8 Å². The van der Waals surface area contributed by atoms with Gasteiger partial charge >= 0.3 is 6.18 Å². The standard InChI is InChI=1S/C26H29F3N2O3/c27-26(28,29)22-7-9-24(30-12-22)31-13-19-6-4-17(10-20(19)14-31)5-8-23(32)18-2-1-3-21(11-18)25(33)15-34-16-25/h1-3,7,9,11-12,17,19-20,33H,4-6,8,10,13-16H2. The van der Waals surface area contributed by atoms with Crippen molar-refractivity contribution in [1.29, 1.82) is 0 Å². The minimum atomic E-state index is -4.37. The molecule has 0 radical (unpaired) electrons. The van der Waals surface area contributed by atoms with E-state index in [1.165, 1.54) is 6.07 Å². The molecule has 2 aromatic rings. The molecular weight excluding hydrogens is 445 g/mol. The van der Waals surface area contributed by atoms with Gasteiger partial charge in [0.1, 0.15) is 11.4 Å². The maximum Gasteiger partial charge on any atom is 0.417 e. The Morgan fingerprint density at radius 1 is 1.15 bits per heavy atom. The summed E-state index contributed by atoms with van der Waals surface area (Å²) in [6.07, 6.45) is 1.02. The molecule has 2 aliphatic heterocycles. The van der Waals surface area contributed by atoms with Gasteiger partial charge in [-0.3, -0.25) is 4.79 Å². The predicted molar refractivity (Wildman–Crippen MR) is 120 cm³/mol. The fourth-order valence-corrected chi connectivity index (χ4v) is 5.64. The Morgan fingerprint density at radius 2 is 1.94 bits per heavy atom. The molecule has 3 heterocycles. The van der Waals surface area contributed by atoms with Crippen LogP contribution in [0.3, 0.4) is 0 Å². The van der Waals surface area contributed by atoms with Gasteiger partial charge in [0.2, 0.25) is 0 Å². The lowest BCUT2D eigenvalue weighted by atomic mass is 9.74. The number of ketones is 1. The lowest BCUT2D eigenvalue weighted by Crippen LogP contribution is -2.46. The van der Waals surface area contributed by atoms with E-state index < -0.39 is 17.3 Å². The molecule has 182 valence electrons. The molecular formula is C26H29F3N2O3. The highest BCUT2D eigenvalue weighted by atomic mass is 19.4. The van der Waals surface area contributed by atoms with Crippen LogP contribution in [0.25, 0.3) is 0 Å². The molecule has 2 saturated heterocycles. The van der Waals surface area contributed by atoms with E-state index >= 15 is 0 Å². The molecule has 1 aromatic heterocycles. The lowest BCUT2D eigenvalue weighted by Gasteiger charge is -2.36. The van der Waals surface area contributed by atoms with Crippen molar-refractivity contribution >= 4 is 11.6 Å². The van der Waals surface area contributed by atoms with Crippen molar-refractivity contribution in [3.8, 4) is 0 Å². The van der Waals surface area contributed by atoms with Crippen LogP contribution in [-0.4, -0.2) is 42.2 Å². The number of fused-ring (bicyclic) bond motifs is 1. The van der Waals surface area contributed by atoms with Crippen molar-refractivity contribution in [2.45, 2.75) is 43.9 Å². The van der Waals surface area contributed by atoms with E-state index in [-0.39, 0.29) is 19.0 Å². The highest BCUT2D eigenvalue weighted by Crippen LogP contribution is 2.42. The van der Waals surface area contributed by atoms with Crippen LogP contribution in [0.4, 0.5) is 19.0 Å². The number of halogens is 3. The summed E-state index contributed by atoms with van der Waals surface area (Å²) in [6.45, 7) is 2.15. The molecule has 3 unspecified atom stereocenters. The van der Waals surface area contributed by atoms with Gasteiger partial charge in [0.15, 0.2) is 5.78 Å². The predicted octanol–water partition coefficient (Wildman–Crippen LogP) is 4.83. The normalized spacial score (nSPS) is 26.1. The smallest absolute Gasteiger partial charge is 0.380 e. The van der Waals surface area contributed by atoms with Crippen LogP contribution in [0.2, 0.25) is 0 Å². The Kier molecular flexibility index (Phi) is 6.14. The molecule has 34 heavy (non-hydrogen) atoms.